The molecule has 0 aliphatic carbocycles. The van der Waals surface area contributed by atoms with Crippen LogP contribution in [0.15, 0.2) is 53.4 Å². The molecule has 0 unspecified atom stereocenters. The summed E-state index contributed by atoms with van der Waals surface area (Å²) in [5.74, 6) is 0.941. The number of nitrogens with one attached hydrogen (secondary N) is 1. The summed E-state index contributed by atoms with van der Waals surface area (Å²) in [5.41, 5.74) is 7.00. The third kappa shape index (κ3) is 5.34. The topological polar surface area (TPSA) is 103 Å². The van der Waals surface area contributed by atoms with E-state index in [-0.39, 0.29) is 24.3 Å². The van der Waals surface area contributed by atoms with E-state index >= 15 is 0 Å². The minimum absolute atomic E-state index is 0.0273. The molecule has 3 N–H and O–H groups in total. The van der Waals surface area contributed by atoms with Crippen molar-refractivity contribution in [2.24, 2.45) is 0 Å². The third-order valence-corrected chi connectivity index (χ3v) is 4.75. The highest BCUT2D eigenvalue weighted by atomic mass is 35.5. The number of rotatable bonds is 7. The van der Waals surface area contributed by atoms with E-state index in [4.69, 9.17) is 22.1 Å². The van der Waals surface area contributed by atoms with E-state index in [9.17, 15) is 4.79 Å². The number of carbonyl (C=O) groups is 1. The molecule has 0 atom stereocenters. The van der Waals surface area contributed by atoms with Crippen LogP contribution in [0.4, 0.5) is 17.6 Å². The van der Waals surface area contributed by atoms with Gasteiger partial charge in [-0.3, -0.25) is 0 Å². The molecule has 3 aromatic rings. The average Bonchev–Trinajstić information content (AvgIpc) is 2.68. The van der Waals surface area contributed by atoms with Gasteiger partial charge in [0, 0.05) is 15.6 Å². The van der Waals surface area contributed by atoms with Gasteiger partial charge in [0.15, 0.2) is 12.4 Å². The lowest BCUT2D eigenvalue weighted by atomic mass is 10.2. The Labute approximate surface area is 171 Å². The normalized spacial score (nSPS) is 10.5. The van der Waals surface area contributed by atoms with Gasteiger partial charge >= 0.3 is 5.97 Å². The van der Waals surface area contributed by atoms with Gasteiger partial charge in [-0.25, -0.2) is 4.79 Å². The lowest BCUT2D eigenvalue weighted by molar-refractivity contribution is 0.0458. The standard InChI is InChI=1S/C19H18ClN5O2S/c1-2-28-15-6-4-3-5-14(15)17(26)27-11-16-23-18(21)25-19(24-16)22-13-9-7-12(20)8-10-13/h3-10H,2,11H2,1H3,(H3,21,22,23,24,25). The number of nitrogens with zero attached hydrogens (tertiary/aromatic N) is 3. The zero-order chi connectivity index (χ0) is 19.9. The van der Waals surface area contributed by atoms with Crippen molar-refractivity contribution in [2.75, 3.05) is 16.8 Å². The van der Waals surface area contributed by atoms with Gasteiger partial charge in [0.05, 0.1) is 5.56 Å². The van der Waals surface area contributed by atoms with Crippen LogP contribution >= 0.6 is 23.4 Å². The predicted octanol–water partition coefficient (Wildman–Crippen LogP) is 4.32. The molecule has 1 heterocycles. The maximum absolute atomic E-state index is 12.4. The number of thioether (sulfide) groups is 1. The molecular weight excluding hydrogens is 398 g/mol. The second-order valence-corrected chi connectivity index (χ2v) is 7.31. The van der Waals surface area contributed by atoms with Crippen LogP contribution in [0.2, 0.25) is 5.02 Å². The van der Waals surface area contributed by atoms with Crippen LogP contribution in [-0.4, -0.2) is 26.7 Å². The molecule has 144 valence electrons. The Bertz CT molecular complexity index is 969. The van der Waals surface area contributed by atoms with Crippen molar-refractivity contribution in [3.8, 4) is 0 Å². The van der Waals surface area contributed by atoms with E-state index in [1.54, 1.807) is 48.2 Å². The largest absolute Gasteiger partial charge is 0.454 e. The highest BCUT2D eigenvalue weighted by Crippen LogP contribution is 2.23. The highest BCUT2D eigenvalue weighted by molar-refractivity contribution is 7.99. The van der Waals surface area contributed by atoms with Gasteiger partial charge in [0.25, 0.3) is 0 Å². The number of benzene rings is 2. The second-order valence-electron chi connectivity index (χ2n) is 5.57. The van der Waals surface area contributed by atoms with Crippen LogP contribution in [0.5, 0.6) is 0 Å². The maximum atomic E-state index is 12.4. The van der Waals surface area contributed by atoms with Crippen molar-refractivity contribution in [1.29, 1.82) is 0 Å². The van der Waals surface area contributed by atoms with E-state index in [0.717, 1.165) is 16.3 Å². The van der Waals surface area contributed by atoms with Gasteiger partial charge in [-0.05, 0) is 42.2 Å². The second kappa shape index (κ2) is 9.38. The summed E-state index contributed by atoms with van der Waals surface area (Å²) in [6, 6.07) is 14.3. The number of hydrogen-bond donors (Lipinski definition) is 2. The molecule has 0 spiro atoms. The molecule has 0 fully saturated rings. The number of aromatic nitrogens is 3. The van der Waals surface area contributed by atoms with E-state index in [1.807, 2.05) is 19.1 Å². The van der Waals surface area contributed by atoms with Crippen LogP contribution in [0, 0.1) is 0 Å². The van der Waals surface area contributed by atoms with Crippen molar-refractivity contribution >= 4 is 46.9 Å². The Morgan fingerprint density at radius 2 is 1.89 bits per heavy atom. The monoisotopic (exact) mass is 415 g/mol. The summed E-state index contributed by atoms with van der Waals surface area (Å²) < 4.78 is 5.37. The SMILES string of the molecule is CCSc1ccccc1C(=O)OCc1nc(N)nc(Nc2ccc(Cl)cc2)n1. The molecule has 0 saturated carbocycles. The fourth-order valence-corrected chi connectivity index (χ4v) is 3.26. The Balaban J connectivity index is 1.70. The minimum Gasteiger partial charge on any atom is -0.454 e. The van der Waals surface area contributed by atoms with Gasteiger partial charge in [0.1, 0.15) is 0 Å². The zero-order valence-corrected chi connectivity index (χ0v) is 16.6. The van der Waals surface area contributed by atoms with Crippen LogP contribution in [0.25, 0.3) is 0 Å². The quantitative estimate of drug-likeness (QED) is 0.434. The molecule has 0 bridgehead atoms. The molecule has 2 aromatic carbocycles. The van der Waals surface area contributed by atoms with Gasteiger partial charge in [-0.2, -0.15) is 15.0 Å². The van der Waals surface area contributed by atoms with Crippen molar-refractivity contribution in [3.05, 3.63) is 64.9 Å². The number of carbonyl (C=O) groups excluding carboxylic acids is 1. The van der Waals surface area contributed by atoms with Crippen molar-refractivity contribution in [2.45, 2.75) is 18.4 Å². The van der Waals surface area contributed by atoms with E-state index < -0.39 is 5.97 Å². The molecule has 3 rings (SSSR count). The zero-order valence-electron chi connectivity index (χ0n) is 15.1. The summed E-state index contributed by atoms with van der Waals surface area (Å²) in [5, 5.41) is 3.63. The van der Waals surface area contributed by atoms with Crippen molar-refractivity contribution in [3.63, 3.8) is 0 Å². The summed E-state index contributed by atoms with van der Waals surface area (Å²) in [6.45, 7) is 1.90. The van der Waals surface area contributed by atoms with Crippen molar-refractivity contribution < 1.29 is 9.53 Å². The fourth-order valence-electron chi connectivity index (χ4n) is 2.35. The van der Waals surface area contributed by atoms with E-state index in [1.165, 1.54) is 0 Å². The fraction of sp³-hybridized carbons (Fsp3) is 0.158. The van der Waals surface area contributed by atoms with Crippen LogP contribution in [-0.2, 0) is 11.3 Å². The summed E-state index contributed by atoms with van der Waals surface area (Å²) >= 11 is 7.46. The predicted molar refractivity (Wildman–Crippen MR) is 111 cm³/mol. The first-order valence-electron chi connectivity index (χ1n) is 8.47. The summed E-state index contributed by atoms with van der Waals surface area (Å²) in [7, 11) is 0. The molecule has 9 heteroatoms. The van der Waals surface area contributed by atoms with Crippen LogP contribution in [0.1, 0.15) is 23.1 Å². The minimum atomic E-state index is -0.442. The molecule has 0 aliphatic rings. The van der Waals surface area contributed by atoms with Gasteiger partial charge in [0.2, 0.25) is 11.9 Å². The molecule has 0 aliphatic heterocycles. The van der Waals surface area contributed by atoms with E-state index in [0.29, 0.717) is 10.6 Å². The highest BCUT2D eigenvalue weighted by Gasteiger charge is 2.14. The average molecular weight is 416 g/mol. The van der Waals surface area contributed by atoms with Gasteiger partial charge in [-0.15, -0.1) is 11.8 Å². The molecule has 28 heavy (non-hydrogen) atoms. The number of ether oxygens (including phenoxy) is 1. The molecule has 0 saturated heterocycles. The van der Waals surface area contributed by atoms with Crippen LogP contribution in [0.3, 0.4) is 0 Å². The number of anilines is 3. The lowest BCUT2D eigenvalue weighted by Crippen LogP contribution is -2.11. The first kappa shape index (κ1) is 19.9. The van der Waals surface area contributed by atoms with Gasteiger partial charge in [-0.1, -0.05) is 30.7 Å². The number of halogens is 1. The van der Waals surface area contributed by atoms with E-state index in [2.05, 4.69) is 20.3 Å². The number of esters is 1. The molecule has 0 amide bonds. The smallest absolute Gasteiger partial charge is 0.339 e. The molecule has 1 aromatic heterocycles. The number of nitrogen functional groups attached to an aromatic ring is 1. The summed E-state index contributed by atoms with van der Waals surface area (Å²) in [6.07, 6.45) is 0. The number of nitrogens with two attached hydrogens (primary N) is 1. The molecule has 7 nitrogen and oxygen atoms in total. The van der Waals surface area contributed by atoms with Crippen molar-refractivity contribution in [1.82, 2.24) is 15.0 Å². The van der Waals surface area contributed by atoms with Crippen LogP contribution < -0.4 is 11.1 Å². The first-order valence-corrected chi connectivity index (χ1v) is 9.83. The Hall–Kier alpha value is -2.84. The Morgan fingerprint density at radius 1 is 1.14 bits per heavy atom. The van der Waals surface area contributed by atoms with Gasteiger partial charge < -0.3 is 15.8 Å². The Morgan fingerprint density at radius 3 is 2.64 bits per heavy atom. The molecule has 0 radical (unpaired) electrons. The molecular formula is C19H18ClN5O2S. The lowest BCUT2D eigenvalue weighted by Gasteiger charge is -2.10. The summed E-state index contributed by atoms with van der Waals surface area (Å²) in [4.78, 5) is 25.6. The number of hydrogen-bond acceptors (Lipinski definition) is 8. The Kier molecular flexibility index (Phi) is 6.67. The third-order valence-electron chi connectivity index (χ3n) is 3.54. The maximum Gasteiger partial charge on any atom is 0.339 e. The first-order chi connectivity index (χ1) is 13.5.